The summed E-state index contributed by atoms with van der Waals surface area (Å²) in [7, 11) is 0. The predicted octanol–water partition coefficient (Wildman–Crippen LogP) is 11.1. The summed E-state index contributed by atoms with van der Waals surface area (Å²) in [4.78, 5) is 17.3. The van der Waals surface area contributed by atoms with Crippen LogP contribution in [-0.4, -0.2) is 17.6 Å². The third kappa shape index (κ3) is 12.0. The minimum absolute atomic E-state index is 0.307. The molecule has 1 aromatic heterocycles. The van der Waals surface area contributed by atoms with Crippen LogP contribution >= 0.6 is 0 Å². The fourth-order valence-corrected chi connectivity index (χ4v) is 5.26. The number of benzene rings is 2. The Morgan fingerprint density at radius 2 is 1.24 bits per heavy atom. The number of carbonyl (C=O) groups excluding carboxylic acids is 1. The number of rotatable bonds is 21. The molecular weight excluding hydrogens is 518 g/mol. The van der Waals surface area contributed by atoms with E-state index < -0.39 is 0 Å². The summed E-state index contributed by atoms with van der Waals surface area (Å²) < 4.78 is 11.8. The van der Waals surface area contributed by atoms with Crippen LogP contribution in [0.15, 0.2) is 66.9 Å². The molecule has 0 saturated carbocycles. The molecule has 0 spiro atoms. The Morgan fingerprint density at radius 3 is 1.81 bits per heavy atom. The van der Waals surface area contributed by atoms with E-state index in [2.05, 4.69) is 55.2 Å². The molecule has 228 valence electrons. The minimum atomic E-state index is -0.371. The van der Waals surface area contributed by atoms with Crippen molar-refractivity contribution < 1.29 is 14.3 Å². The first-order chi connectivity index (χ1) is 20.6. The summed E-state index contributed by atoms with van der Waals surface area (Å²) in [5, 5.41) is 0. The molecule has 0 N–H and O–H groups in total. The van der Waals surface area contributed by atoms with E-state index in [1.807, 2.05) is 31.3 Å². The van der Waals surface area contributed by atoms with E-state index in [1.165, 1.54) is 82.6 Å². The Bertz CT molecular complexity index is 1120. The van der Waals surface area contributed by atoms with Gasteiger partial charge in [-0.3, -0.25) is 0 Å². The van der Waals surface area contributed by atoms with E-state index >= 15 is 0 Å². The van der Waals surface area contributed by atoms with Crippen LogP contribution in [0.2, 0.25) is 0 Å². The van der Waals surface area contributed by atoms with Gasteiger partial charge in [-0.25, -0.2) is 9.78 Å². The van der Waals surface area contributed by atoms with Crippen LogP contribution < -0.4 is 4.74 Å². The first-order valence-corrected chi connectivity index (χ1v) is 16.6. The summed E-state index contributed by atoms with van der Waals surface area (Å²) in [6, 6.07) is 20.4. The maximum Gasteiger partial charge on any atom is 0.357 e. The van der Waals surface area contributed by atoms with Crippen molar-refractivity contribution in [3.63, 3.8) is 0 Å². The van der Waals surface area contributed by atoms with Crippen molar-refractivity contribution in [3.05, 3.63) is 83.7 Å². The highest BCUT2D eigenvalue weighted by Crippen LogP contribution is 2.27. The number of aryl methyl sites for hydroxylation is 1. The highest BCUT2D eigenvalue weighted by Gasteiger charge is 2.17. The molecule has 0 aliphatic carbocycles. The predicted molar refractivity (Wildman–Crippen MR) is 175 cm³/mol. The summed E-state index contributed by atoms with van der Waals surface area (Å²) in [6.45, 7) is 7.31. The van der Waals surface area contributed by atoms with Gasteiger partial charge in [0.1, 0.15) is 17.5 Å². The molecule has 0 saturated heterocycles. The largest absolute Gasteiger partial charge is 0.494 e. The van der Waals surface area contributed by atoms with Crippen LogP contribution in [0.25, 0.3) is 11.1 Å². The molecule has 42 heavy (non-hydrogen) atoms. The maximum absolute atomic E-state index is 12.8. The number of carbonyl (C=O) groups is 1. The van der Waals surface area contributed by atoms with Crippen molar-refractivity contribution in [2.45, 2.75) is 123 Å². The van der Waals surface area contributed by atoms with Crippen LogP contribution in [-0.2, 0) is 11.2 Å². The molecule has 1 unspecified atom stereocenters. The number of hydrogen-bond acceptors (Lipinski definition) is 4. The van der Waals surface area contributed by atoms with Crippen LogP contribution in [0.4, 0.5) is 0 Å². The molecule has 2 aromatic carbocycles. The second-order valence-corrected chi connectivity index (χ2v) is 11.5. The fourth-order valence-electron chi connectivity index (χ4n) is 5.26. The van der Waals surface area contributed by atoms with Crippen molar-refractivity contribution in [3.8, 4) is 16.9 Å². The van der Waals surface area contributed by atoms with Gasteiger partial charge < -0.3 is 9.47 Å². The lowest BCUT2D eigenvalue weighted by Crippen LogP contribution is -2.12. The second kappa shape index (κ2) is 19.9. The molecule has 0 aliphatic rings. The van der Waals surface area contributed by atoms with Crippen LogP contribution in [0.3, 0.4) is 0 Å². The van der Waals surface area contributed by atoms with E-state index in [0.717, 1.165) is 41.9 Å². The van der Waals surface area contributed by atoms with Crippen molar-refractivity contribution in [1.29, 1.82) is 0 Å². The Labute approximate surface area is 255 Å². The van der Waals surface area contributed by atoms with Gasteiger partial charge in [-0.2, -0.15) is 0 Å². The molecule has 0 fully saturated rings. The molecule has 0 radical (unpaired) electrons. The Kier molecular flexibility index (Phi) is 15.8. The van der Waals surface area contributed by atoms with Gasteiger partial charge in [-0.1, -0.05) is 134 Å². The number of esters is 1. The number of nitrogens with zero attached hydrogens (tertiary/aromatic N) is 1. The summed E-state index contributed by atoms with van der Waals surface area (Å²) in [5.41, 5.74) is 4.80. The highest BCUT2D eigenvalue weighted by atomic mass is 16.5. The Morgan fingerprint density at radius 1 is 0.667 bits per heavy atom. The fraction of sp³-hybridized carbons (Fsp3) is 0.526. The van der Waals surface area contributed by atoms with E-state index in [4.69, 9.17) is 9.47 Å². The van der Waals surface area contributed by atoms with Gasteiger partial charge in [0.05, 0.1) is 6.61 Å². The van der Waals surface area contributed by atoms with Gasteiger partial charge in [0.2, 0.25) is 0 Å². The maximum atomic E-state index is 12.8. The molecular formula is C38H53NO3. The van der Waals surface area contributed by atoms with Crippen molar-refractivity contribution in [1.82, 2.24) is 4.98 Å². The number of pyridine rings is 1. The highest BCUT2D eigenvalue weighted by molar-refractivity contribution is 5.87. The molecule has 4 heteroatoms. The first-order valence-electron chi connectivity index (χ1n) is 16.6. The second-order valence-electron chi connectivity index (χ2n) is 11.5. The lowest BCUT2D eigenvalue weighted by molar-refractivity contribution is 0.0281. The van der Waals surface area contributed by atoms with Gasteiger partial charge in [0.15, 0.2) is 0 Å². The van der Waals surface area contributed by atoms with Gasteiger partial charge in [-0.15, -0.1) is 0 Å². The SMILES string of the molecule is CCCCCCCCCOc1ccc(-c2ccc(C(CC)OC(=O)c3ccc(CCCCCCCC)cn3)cc2)cc1. The Balaban J connectivity index is 1.44. The normalized spacial score (nSPS) is 11.8. The zero-order valence-corrected chi connectivity index (χ0v) is 26.4. The van der Waals surface area contributed by atoms with Crippen molar-refractivity contribution >= 4 is 5.97 Å². The summed E-state index contributed by atoms with van der Waals surface area (Å²) in [5.74, 6) is 0.549. The lowest BCUT2D eigenvalue weighted by atomic mass is 10.0. The molecule has 4 nitrogen and oxygen atoms in total. The number of aromatic nitrogens is 1. The zero-order chi connectivity index (χ0) is 29.8. The monoisotopic (exact) mass is 571 g/mol. The molecule has 1 atom stereocenters. The summed E-state index contributed by atoms with van der Waals surface area (Å²) >= 11 is 0. The van der Waals surface area contributed by atoms with Crippen LogP contribution in [0.5, 0.6) is 5.75 Å². The molecule has 0 amide bonds. The summed E-state index contributed by atoms with van der Waals surface area (Å²) in [6.07, 6.45) is 19.9. The standard InChI is InChI=1S/C38H53NO3/c1-4-7-9-11-13-15-17-29-41-35-26-24-33(25-27-35)32-20-22-34(23-21-32)37(6-3)42-38(40)36-28-19-31(30-39-36)18-16-14-12-10-8-5-2/h19-28,30,37H,4-18,29H2,1-3H3. The van der Waals surface area contributed by atoms with Gasteiger partial charge in [-0.05, 0) is 66.1 Å². The Hall–Kier alpha value is -3.14. The average molecular weight is 572 g/mol. The zero-order valence-electron chi connectivity index (χ0n) is 26.4. The smallest absolute Gasteiger partial charge is 0.357 e. The third-order valence-electron chi connectivity index (χ3n) is 7.96. The average Bonchev–Trinajstić information content (AvgIpc) is 3.03. The number of unbranched alkanes of at least 4 members (excludes halogenated alkanes) is 11. The molecule has 0 aliphatic heterocycles. The molecule has 0 bridgehead atoms. The molecule has 3 rings (SSSR count). The van der Waals surface area contributed by atoms with E-state index in [0.29, 0.717) is 12.1 Å². The molecule has 1 heterocycles. The van der Waals surface area contributed by atoms with Crippen molar-refractivity contribution in [2.75, 3.05) is 6.61 Å². The third-order valence-corrected chi connectivity index (χ3v) is 7.96. The number of hydrogen-bond donors (Lipinski definition) is 0. The quantitative estimate of drug-likeness (QED) is 0.0942. The van der Waals surface area contributed by atoms with Gasteiger partial charge in [0, 0.05) is 6.20 Å². The van der Waals surface area contributed by atoms with Gasteiger partial charge >= 0.3 is 5.97 Å². The van der Waals surface area contributed by atoms with E-state index in [1.54, 1.807) is 6.07 Å². The topological polar surface area (TPSA) is 48.4 Å². The minimum Gasteiger partial charge on any atom is -0.494 e. The first kappa shape index (κ1) is 33.4. The molecule has 3 aromatic rings. The van der Waals surface area contributed by atoms with Crippen molar-refractivity contribution in [2.24, 2.45) is 0 Å². The van der Waals surface area contributed by atoms with Gasteiger partial charge in [0.25, 0.3) is 0 Å². The lowest BCUT2D eigenvalue weighted by Gasteiger charge is -2.17. The van der Waals surface area contributed by atoms with E-state index in [9.17, 15) is 4.79 Å². The van der Waals surface area contributed by atoms with E-state index in [-0.39, 0.29) is 12.1 Å². The van der Waals surface area contributed by atoms with Crippen LogP contribution in [0.1, 0.15) is 138 Å². The number of ether oxygens (including phenoxy) is 2. The van der Waals surface area contributed by atoms with Crippen LogP contribution in [0, 0.1) is 0 Å².